The van der Waals surface area contributed by atoms with Crippen LogP contribution in [0, 0.1) is 0 Å². The molecular weight excluding hydrogens is 350 g/mol. The summed E-state index contributed by atoms with van der Waals surface area (Å²) in [4.78, 5) is 21.8. The molecule has 0 radical (unpaired) electrons. The molecule has 148 valence electrons. The van der Waals surface area contributed by atoms with Gasteiger partial charge in [0.25, 0.3) is 0 Å². The van der Waals surface area contributed by atoms with Gasteiger partial charge in [0.1, 0.15) is 6.04 Å². The molecule has 6 heteroatoms. The maximum atomic E-state index is 11.4. The Morgan fingerprint density at radius 1 is 1.04 bits per heavy atom. The van der Waals surface area contributed by atoms with Crippen LogP contribution in [-0.4, -0.2) is 41.2 Å². The predicted molar refractivity (Wildman–Crippen MR) is 109 cm³/mol. The van der Waals surface area contributed by atoms with E-state index in [1.165, 1.54) is 28.5 Å². The van der Waals surface area contributed by atoms with Crippen LogP contribution in [0.4, 0.5) is 0 Å². The second-order valence-electron chi connectivity index (χ2n) is 6.61. The second kappa shape index (κ2) is 14.6. The number of thioether (sulfide) groups is 1. The Morgan fingerprint density at radius 3 is 2.19 bits per heavy atom. The van der Waals surface area contributed by atoms with Crippen LogP contribution < -0.4 is 5.73 Å². The van der Waals surface area contributed by atoms with Crippen LogP contribution in [0.3, 0.4) is 0 Å². The lowest BCUT2D eigenvalue weighted by molar-refractivity contribution is -0.155. The summed E-state index contributed by atoms with van der Waals surface area (Å²) in [6.45, 7) is 7.89. The summed E-state index contributed by atoms with van der Waals surface area (Å²) in [5.74, 6) is -0.673. The van der Waals surface area contributed by atoms with Gasteiger partial charge >= 0.3 is 11.9 Å². The summed E-state index contributed by atoms with van der Waals surface area (Å²) in [6, 6.07) is -0.792. The van der Waals surface area contributed by atoms with Crippen LogP contribution >= 0.6 is 11.8 Å². The number of carboxylic acid groups (broad SMARTS) is 1. The summed E-state index contributed by atoms with van der Waals surface area (Å²) >= 11 is 1.53. The van der Waals surface area contributed by atoms with Gasteiger partial charge in [0, 0.05) is 11.5 Å². The maximum Gasteiger partial charge on any atom is 0.341 e. The molecule has 0 fully saturated rings. The van der Waals surface area contributed by atoms with Gasteiger partial charge < -0.3 is 15.6 Å². The van der Waals surface area contributed by atoms with Crippen molar-refractivity contribution in [1.82, 2.24) is 0 Å². The monoisotopic (exact) mass is 383 g/mol. The van der Waals surface area contributed by atoms with Crippen molar-refractivity contribution < 1.29 is 19.4 Å². The first-order chi connectivity index (χ1) is 12.2. The van der Waals surface area contributed by atoms with E-state index < -0.39 is 24.6 Å². The molecule has 0 saturated carbocycles. The third-order valence-electron chi connectivity index (χ3n) is 3.61. The zero-order valence-electron chi connectivity index (χ0n) is 16.4. The topological polar surface area (TPSA) is 89.6 Å². The quantitative estimate of drug-likeness (QED) is 0.283. The summed E-state index contributed by atoms with van der Waals surface area (Å²) < 4.78 is 4.56. The lowest BCUT2D eigenvalue weighted by atomic mass is 10.1. The molecule has 26 heavy (non-hydrogen) atoms. The fourth-order valence-electron chi connectivity index (χ4n) is 2.04. The van der Waals surface area contributed by atoms with Crippen molar-refractivity contribution >= 4 is 23.7 Å². The molecule has 1 atom stereocenters. The molecule has 0 aliphatic heterocycles. The number of hydrogen-bond acceptors (Lipinski definition) is 5. The van der Waals surface area contributed by atoms with Crippen molar-refractivity contribution in [2.45, 2.75) is 59.4 Å². The standard InChI is InChI=1S/C20H33NO4S/c1-15(2)7-5-8-16(3)9-6-10-17(4)11-12-26-14-18(21)20(24)25-13-19(22)23/h7,9,11,18H,5-6,8,10,12-14,21H2,1-4H3,(H,22,23)/t18-/m0/s1. The summed E-state index contributed by atoms with van der Waals surface area (Å²) in [6.07, 6.45) is 11.0. The summed E-state index contributed by atoms with van der Waals surface area (Å²) in [5.41, 5.74) is 9.78. The van der Waals surface area contributed by atoms with Gasteiger partial charge in [0.2, 0.25) is 0 Å². The number of aliphatic carboxylic acids is 1. The number of esters is 1. The van der Waals surface area contributed by atoms with Gasteiger partial charge in [0.05, 0.1) is 0 Å². The minimum atomic E-state index is -1.18. The molecule has 0 heterocycles. The number of nitrogens with two attached hydrogens (primary N) is 1. The van der Waals surface area contributed by atoms with Crippen molar-refractivity contribution in [3.63, 3.8) is 0 Å². The van der Waals surface area contributed by atoms with E-state index in [4.69, 9.17) is 10.8 Å². The van der Waals surface area contributed by atoms with Crippen molar-refractivity contribution in [3.05, 3.63) is 34.9 Å². The molecule has 0 spiro atoms. The first-order valence-corrected chi connectivity index (χ1v) is 10.0. The SMILES string of the molecule is CC(C)=CCCC(C)=CCCC(C)=CCSC[C@H](N)C(=O)OCC(=O)O. The minimum absolute atomic E-state index is 0.408. The van der Waals surface area contributed by atoms with Crippen LogP contribution in [0.2, 0.25) is 0 Å². The van der Waals surface area contributed by atoms with E-state index in [1.54, 1.807) is 0 Å². The molecule has 0 unspecified atom stereocenters. The molecule has 3 N–H and O–H groups in total. The van der Waals surface area contributed by atoms with E-state index in [2.05, 4.69) is 50.7 Å². The van der Waals surface area contributed by atoms with Crippen molar-refractivity contribution in [3.8, 4) is 0 Å². The average Bonchev–Trinajstić information content (AvgIpc) is 2.55. The highest BCUT2D eigenvalue weighted by molar-refractivity contribution is 7.99. The van der Waals surface area contributed by atoms with E-state index in [1.807, 2.05) is 0 Å². The van der Waals surface area contributed by atoms with Crippen molar-refractivity contribution in [2.75, 3.05) is 18.1 Å². The highest BCUT2D eigenvalue weighted by atomic mass is 32.2. The Labute approximate surface area is 161 Å². The largest absolute Gasteiger partial charge is 0.479 e. The Balaban J connectivity index is 3.95. The molecule has 0 aliphatic rings. The van der Waals surface area contributed by atoms with Gasteiger partial charge in [-0.3, -0.25) is 4.79 Å². The number of carboxylic acids is 1. The van der Waals surface area contributed by atoms with E-state index in [0.717, 1.165) is 31.4 Å². The third kappa shape index (κ3) is 14.8. The van der Waals surface area contributed by atoms with Gasteiger partial charge in [-0.25, -0.2) is 4.79 Å². The summed E-state index contributed by atoms with van der Waals surface area (Å²) in [5, 5.41) is 8.45. The number of rotatable bonds is 13. The Kier molecular flexibility index (Phi) is 13.8. The minimum Gasteiger partial charge on any atom is -0.479 e. The maximum absolute atomic E-state index is 11.4. The zero-order chi connectivity index (χ0) is 19.9. The smallest absolute Gasteiger partial charge is 0.341 e. The number of hydrogen-bond donors (Lipinski definition) is 2. The summed E-state index contributed by atoms with van der Waals surface area (Å²) in [7, 11) is 0. The van der Waals surface area contributed by atoms with E-state index in [0.29, 0.717) is 5.75 Å². The number of carbonyl (C=O) groups excluding carboxylic acids is 1. The normalized spacial score (nSPS) is 13.3. The molecule has 0 amide bonds. The van der Waals surface area contributed by atoms with Gasteiger partial charge in [-0.1, -0.05) is 34.9 Å². The van der Waals surface area contributed by atoms with Gasteiger partial charge in [0.15, 0.2) is 6.61 Å². The molecule has 0 aromatic carbocycles. The van der Waals surface area contributed by atoms with Crippen LogP contribution in [-0.2, 0) is 14.3 Å². The van der Waals surface area contributed by atoms with Gasteiger partial charge in [-0.05, 0) is 53.4 Å². The molecule has 0 aromatic heterocycles. The fourth-order valence-corrected chi connectivity index (χ4v) is 2.97. The Hall–Kier alpha value is -1.53. The lowest BCUT2D eigenvalue weighted by Gasteiger charge is -2.09. The van der Waals surface area contributed by atoms with Crippen molar-refractivity contribution in [2.24, 2.45) is 5.73 Å². The van der Waals surface area contributed by atoms with E-state index >= 15 is 0 Å². The molecule has 0 aromatic rings. The van der Waals surface area contributed by atoms with E-state index in [-0.39, 0.29) is 0 Å². The van der Waals surface area contributed by atoms with Crippen LogP contribution in [0.1, 0.15) is 53.4 Å². The molecule has 5 nitrogen and oxygen atoms in total. The number of carbonyl (C=O) groups is 2. The van der Waals surface area contributed by atoms with Crippen LogP contribution in [0.25, 0.3) is 0 Å². The molecule has 0 rings (SSSR count). The first-order valence-electron chi connectivity index (χ1n) is 8.88. The molecular formula is C20H33NO4S. The van der Waals surface area contributed by atoms with E-state index in [9.17, 15) is 9.59 Å². The van der Waals surface area contributed by atoms with Crippen molar-refractivity contribution in [1.29, 1.82) is 0 Å². The lowest BCUT2D eigenvalue weighted by Crippen LogP contribution is -2.35. The average molecular weight is 384 g/mol. The van der Waals surface area contributed by atoms with Crippen LogP contribution in [0.15, 0.2) is 34.9 Å². The predicted octanol–water partition coefficient (Wildman–Crippen LogP) is 4.09. The zero-order valence-corrected chi connectivity index (χ0v) is 17.2. The highest BCUT2D eigenvalue weighted by Gasteiger charge is 2.15. The number of ether oxygens (including phenoxy) is 1. The van der Waals surface area contributed by atoms with Gasteiger partial charge in [-0.15, -0.1) is 0 Å². The first kappa shape index (κ1) is 24.5. The molecule has 0 bridgehead atoms. The number of allylic oxidation sites excluding steroid dienone is 5. The Bertz CT molecular complexity index is 534. The second-order valence-corrected chi connectivity index (χ2v) is 7.68. The third-order valence-corrected chi connectivity index (χ3v) is 4.61. The van der Waals surface area contributed by atoms with Crippen LogP contribution in [0.5, 0.6) is 0 Å². The molecule has 0 saturated heterocycles. The van der Waals surface area contributed by atoms with Gasteiger partial charge in [-0.2, -0.15) is 11.8 Å². The highest BCUT2D eigenvalue weighted by Crippen LogP contribution is 2.12. The molecule has 0 aliphatic carbocycles. The Morgan fingerprint density at radius 2 is 1.62 bits per heavy atom. The fraction of sp³-hybridized carbons (Fsp3) is 0.600.